The molecule has 1 aromatic rings. The van der Waals surface area contributed by atoms with Gasteiger partial charge in [0, 0.05) is 5.33 Å². The van der Waals surface area contributed by atoms with Crippen molar-refractivity contribution < 1.29 is 10.2 Å². The van der Waals surface area contributed by atoms with E-state index in [-0.39, 0.29) is 0 Å². The molecule has 0 aliphatic carbocycles. The van der Waals surface area contributed by atoms with Crippen molar-refractivity contribution in [3.8, 4) is 0 Å². The number of halogens is 3. The first kappa shape index (κ1) is 12.3. The van der Waals surface area contributed by atoms with Crippen LogP contribution < -0.4 is 0 Å². The molecule has 1 aromatic carbocycles. The zero-order chi connectivity index (χ0) is 10.7. The summed E-state index contributed by atoms with van der Waals surface area (Å²) in [6.07, 6.45) is -1.81. The lowest BCUT2D eigenvalue weighted by molar-refractivity contribution is 0.0343. The molecule has 78 valence electrons. The number of benzene rings is 1. The van der Waals surface area contributed by atoms with E-state index in [0.29, 0.717) is 20.9 Å². The fourth-order valence-electron chi connectivity index (χ4n) is 1.00. The molecule has 2 N–H and O–H groups in total. The Balaban J connectivity index is 2.91. The lowest BCUT2D eigenvalue weighted by Crippen LogP contribution is -2.19. The summed E-state index contributed by atoms with van der Waals surface area (Å²) in [6.45, 7) is 0. The van der Waals surface area contributed by atoms with Gasteiger partial charge in [-0.3, -0.25) is 0 Å². The monoisotopic (exact) mass is 298 g/mol. The summed E-state index contributed by atoms with van der Waals surface area (Å²) < 4.78 is 0. The minimum Gasteiger partial charge on any atom is -0.389 e. The van der Waals surface area contributed by atoms with Gasteiger partial charge in [-0.15, -0.1) is 0 Å². The Bertz CT molecular complexity index is 320. The maximum Gasteiger partial charge on any atom is 0.106 e. The quantitative estimate of drug-likeness (QED) is 0.843. The molecular weight excluding hydrogens is 291 g/mol. The average molecular weight is 300 g/mol. The summed E-state index contributed by atoms with van der Waals surface area (Å²) in [6, 6.07) is 4.76. The Hall–Kier alpha value is 0.200. The fourth-order valence-corrected chi connectivity index (χ4v) is 1.66. The summed E-state index contributed by atoms with van der Waals surface area (Å²) in [5.74, 6) is 0. The number of aliphatic hydroxyl groups excluding tert-OH is 2. The smallest absolute Gasteiger partial charge is 0.106 e. The second-order valence-electron chi connectivity index (χ2n) is 2.84. The average Bonchev–Trinajstić information content (AvgIpc) is 2.20. The van der Waals surface area contributed by atoms with Gasteiger partial charge >= 0.3 is 0 Å². The van der Waals surface area contributed by atoms with Crippen molar-refractivity contribution in [3.63, 3.8) is 0 Å². The molecule has 1 rings (SSSR count). The molecule has 2 atom stereocenters. The number of alkyl halides is 1. The van der Waals surface area contributed by atoms with Crippen LogP contribution in [0.3, 0.4) is 0 Å². The van der Waals surface area contributed by atoms with Crippen LogP contribution in [0.2, 0.25) is 10.0 Å². The molecule has 0 radical (unpaired) electrons. The van der Waals surface area contributed by atoms with E-state index in [4.69, 9.17) is 23.2 Å². The van der Waals surface area contributed by atoms with Crippen LogP contribution in [0, 0.1) is 0 Å². The van der Waals surface area contributed by atoms with Crippen LogP contribution in [0.15, 0.2) is 18.2 Å². The second kappa shape index (κ2) is 5.33. The standard InChI is InChI=1S/C9H9BrCl2O2/c10-4-8(13)9(14)5-1-2-6(11)7(12)3-5/h1-3,8-9,13-14H,4H2. The Morgan fingerprint density at radius 3 is 2.36 bits per heavy atom. The van der Waals surface area contributed by atoms with E-state index in [2.05, 4.69) is 15.9 Å². The van der Waals surface area contributed by atoms with Crippen LogP contribution in [-0.4, -0.2) is 21.6 Å². The van der Waals surface area contributed by atoms with Crippen LogP contribution in [-0.2, 0) is 0 Å². The van der Waals surface area contributed by atoms with Crippen LogP contribution in [0.25, 0.3) is 0 Å². The number of hydrogen-bond donors (Lipinski definition) is 2. The topological polar surface area (TPSA) is 40.5 Å². The summed E-state index contributed by atoms with van der Waals surface area (Å²) in [4.78, 5) is 0. The lowest BCUT2D eigenvalue weighted by Gasteiger charge is -2.16. The van der Waals surface area contributed by atoms with Gasteiger partial charge in [-0.1, -0.05) is 45.2 Å². The summed E-state index contributed by atoms with van der Waals surface area (Å²) in [5, 5.41) is 20.1. The molecule has 0 fully saturated rings. The lowest BCUT2D eigenvalue weighted by atomic mass is 10.1. The minimum atomic E-state index is -0.954. The fraction of sp³-hybridized carbons (Fsp3) is 0.333. The largest absolute Gasteiger partial charge is 0.389 e. The van der Waals surface area contributed by atoms with Gasteiger partial charge in [0.05, 0.1) is 16.1 Å². The first-order valence-electron chi connectivity index (χ1n) is 3.93. The van der Waals surface area contributed by atoms with E-state index < -0.39 is 12.2 Å². The normalized spacial score (nSPS) is 15.2. The maximum absolute atomic E-state index is 9.62. The van der Waals surface area contributed by atoms with E-state index in [1.807, 2.05) is 0 Å². The molecule has 0 saturated heterocycles. The Morgan fingerprint density at radius 2 is 1.86 bits per heavy atom. The Kier molecular flexibility index (Phi) is 4.67. The number of hydrogen-bond acceptors (Lipinski definition) is 2. The van der Waals surface area contributed by atoms with E-state index in [0.717, 1.165) is 0 Å². The molecule has 0 aliphatic heterocycles. The van der Waals surface area contributed by atoms with Gasteiger partial charge in [0.15, 0.2) is 0 Å². The highest BCUT2D eigenvalue weighted by Gasteiger charge is 2.17. The molecule has 2 unspecified atom stereocenters. The SMILES string of the molecule is OC(CBr)C(O)c1ccc(Cl)c(Cl)c1. The van der Waals surface area contributed by atoms with Crippen LogP contribution in [0.4, 0.5) is 0 Å². The minimum absolute atomic E-state index is 0.300. The molecule has 0 amide bonds. The third-order valence-electron chi connectivity index (χ3n) is 1.81. The molecule has 0 aliphatic rings. The van der Waals surface area contributed by atoms with Crippen LogP contribution in [0.1, 0.15) is 11.7 Å². The van der Waals surface area contributed by atoms with Gasteiger partial charge in [-0.25, -0.2) is 0 Å². The molecule has 2 nitrogen and oxygen atoms in total. The molecule has 5 heteroatoms. The highest BCUT2D eigenvalue weighted by molar-refractivity contribution is 9.09. The van der Waals surface area contributed by atoms with Crippen molar-refractivity contribution in [2.24, 2.45) is 0 Å². The van der Waals surface area contributed by atoms with Gasteiger partial charge in [0.2, 0.25) is 0 Å². The molecular formula is C9H9BrCl2O2. The second-order valence-corrected chi connectivity index (χ2v) is 4.30. The van der Waals surface area contributed by atoms with E-state index in [9.17, 15) is 10.2 Å². The Morgan fingerprint density at radius 1 is 1.21 bits per heavy atom. The predicted octanol–water partition coefficient (Wildman–Crippen LogP) is 2.78. The van der Waals surface area contributed by atoms with Crippen molar-refractivity contribution in [1.82, 2.24) is 0 Å². The molecule has 0 saturated carbocycles. The number of aliphatic hydroxyl groups is 2. The van der Waals surface area contributed by atoms with Gasteiger partial charge in [0.1, 0.15) is 6.10 Å². The molecule has 0 aromatic heterocycles. The van der Waals surface area contributed by atoms with Crippen molar-refractivity contribution in [2.45, 2.75) is 12.2 Å². The van der Waals surface area contributed by atoms with Crippen LogP contribution >= 0.6 is 39.1 Å². The first-order valence-corrected chi connectivity index (χ1v) is 5.81. The van der Waals surface area contributed by atoms with Gasteiger partial charge < -0.3 is 10.2 Å². The first-order chi connectivity index (χ1) is 6.56. The molecule has 0 heterocycles. The summed E-state index contributed by atoms with van der Waals surface area (Å²) >= 11 is 14.6. The Labute approximate surface area is 101 Å². The summed E-state index contributed by atoms with van der Waals surface area (Å²) in [5.41, 5.74) is 0.548. The predicted molar refractivity (Wildman–Crippen MR) is 61.2 cm³/mol. The summed E-state index contributed by atoms with van der Waals surface area (Å²) in [7, 11) is 0. The van der Waals surface area contributed by atoms with Gasteiger partial charge in [-0.05, 0) is 17.7 Å². The zero-order valence-corrected chi connectivity index (χ0v) is 10.2. The molecule has 14 heavy (non-hydrogen) atoms. The third-order valence-corrected chi connectivity index (χ3v) is 3.21. The van der Waals surface area contributed by atoms with Crippen LogP contribution in [0.5, 0.6) is 0 Å². The van der Waals surface area contributed by atoms with Crippen molar-refractivity contribution in [3.05, 3.63) is 33.8 Å². The van der Waals surface area contributed by atoms with E-state index in [1.54, 1.807) is 18.2 Å². The van der Waals surface area contributed by atoms with Gasteiger partial charge in [0.25, 0.3) is 0 Å². The van der Waals surface area contributed by atoms with Crippen molar-refractivity contribution in [2.75, 3.05) is 5.33 Å². The van der Waals surface area contributed by atoms with E-state index in [1.165, 1.54) is 0 Å². The van der Waals surface area contributed by atoms with Crippen molar-refractivity contribution in [1.29, 1.82) is 0 Å². The van der Waals surface area contributed by atoms with Crippen molar-refractivity contribution >= 4 is 39.1 Å². The zero-order valence-electron chi connectivity index (χ0n) is 7.12. The van der Waals surface area contributed by atoms with E-state index >= 15 is 0 Å². The number of rotatable bonds is 3. The maximum atomic E-state index is 9.62. The third kappa shape index (κ3) is 2.84. The molecule has 0 bridgehead atoms. The highest BCUT2D eigenvalue weighted by atomic mass is 79.9. The molecule has 0 spiro atoms. The van der Waals surface area contributed by atoms with Gasteiger partial charge in [-0.2, -0.15) is 0 Å². The highest BCUT2D eigenvalue weighted by Crippen LogP contribution is 2.27.